The topological polar surface area (TPSA) is 92.7 Å². The zero-order valence-electron chi connectivity index (χ0n) is 20.4. The van der Waals surface area contributed by atoms with Crippen molar-refractivity contribution in [2.75, 3.05) is 11.9 Å². The van der Waals surface area contributed by atoms with Gasteiger partial charge >= 0.3 is 11.9 Å². The molecule has 34 heavy (non-hydrogen) atoms. The van der Waals surface area contributed by atoms with Gasteiger partial charge in [-0.25, -0.2) is 4.79 Å². The van der Waals surface area contributed by atoms with Gasteiger partial charge in [0.2, 0.25) is 5.91 Å². The first kappa shape index (κ1) is 24.5. The van der Waals surface area contributed by atoms with Gasteiger partial charge in [0.25, 0.3) is 0 Å². The Kier molecular flexibility index (Phi) is 6.60. The number of esters is 1. The van der Waals surface area contributed by atoms with Gasteiger partial charge in [-0.3, -0.25) is 9.59 Å². The number of anilines is 1. The van der Waals surface area contributed by atoms with Gasteiger partial charge in [0.15, 0.2) is 0 Å². The number of amides is 1. The highest BCUT2D eigenvalue weighted by atomic mass is 32.1. The summed E-state index contributed by atoms with van der Waals surface area (Å²) in [4.78, 5) is 39.2. The number of rotatable bonds is 6. The molecule has 2 aliphatic rings. The Morgan fingerprint density at radius 3 is 2.26 bits per heavy atom. The molecular weight excluding hydrogens is 450 g/mol. The van der Waals surface area contributed by atoms with Crippen LogP contribution in [0, 0.1) is 30.6 Å². The summed E-state index contributed by atoms with van der Waals surface area (Å²) in [6, 6.07) is 8.12. The van der Waals surface area contributed by atoms with Crippen molar-refractivity contribution >= 4 is 34.2 Å². The zero-order chi connectivity index (χ0) is 24.8. The van der Waals surface area contributed by atoms with Gasteiger partial charge in [-0.2, -0.15) is 0 Å². The molecule has 0 radical (unpaired) electrons. The second-order valence-electron chi connectivity index (χ2n) is 10.5. The Hall–Kier alpha value is -2.67. The van der Waals surface area contributed by atoms with Crippen LogP contribution in [-0.2, 0) is 19.7 Å². The minimum atomic E-state index is -0.903. The molecule has 2 aromatic rings. The summed E-state index contributed by atoms with van der Waals surface area (Å²) in [5, 5.41) is 13.1. The number of nitrogens with one attached hydrogen (secondary N) is 1. The Morgan fingerprint density at radius 2 is 1.71 bits per heavy atom. The van der Waals surface area contributed by atoms with Crippen molar-refractivity contribution < 1.29 is 24.2 Å². The minimum Gasteiger partial charge on any atom is -0.481 e. The summed E-state index contributed by atoms with van der Waals surface area (Å²) in [5.41, 5.74) is 3.17. The second-order valence-corrected chi connectivity index (χ2v) is 11.7. The molecule has 4 atom stereocenters. The number of thiophene rings is 1. The lowest BCUT2D eigenvalue weighted by Gasteiger charge is -2.27. The third kappa shape index (κ3) is 4.38. The van der Waals surface area contributed by atoms with Gasteiger partial charge in [-0.05, 0) is 61.5 Å². The van der Waals surface area contributed by atoms with Crippen LogP contribution in [0.1, 0.15) is 67.8 Å². The van der Waals surface area contributed by atoms with Crippen LogP contribution in [0.5, 0.6) is 0 Å². The van der Waals surface area contributed by atoms with Crippen molar-refractivity contribution in [2.24, 2.45) is 23.7 Å². The molecule has 7 heteroatoms. The Morgan fingerprint density at radius 1 is 1.09 bits per heavy atom. The largest absolute Gasteiger partial charge is 0.481 e. The third-order valence-electron chi connectivity index (χ3n) is 7.34. The number of ether oxygens (including phenoxy) is 1. The number of fused-ring (bicyclic) bond motifs is 2. The summed E-state index contributed by atoms with van der Waals surface area (Å²) in [7, 11) is 0. The van der Waals surface area contributed by atoms with Gasteiger partial charge in [-0.15, -0.1) is 11.3 Å². The average molecular weight is 484 g/mol. The van der Waals surface area contributed by atoms with Crippen molar-refractivity contribution in [2.45, 2.75) is 59.3 Å². The van der Waals surface area contributed by atoms with Crippen LogP contribution in [0.4, 0.5) is 5.00 Å². The van der Waals surface area contributed by atoms with Crippen molar-refractivity contribution in [3.63, 3.8) is 0 Å². The lowest BCUT2D eigenvalue weighted by molar-refractivity contribution is -0.148. The molecule has 1 heterocycles. The molecule has 0 aliphatic heterocycles. The first-order valence-electron chi connectivity index (χ1n) is 12.0. The van der Waals surface area contributed by atoms with Crippen LogP contribution in [-0.4, -0.2) is 29.6 Å². The number of carbonyl (C=O) groups excluding carboxylic acids is 2. The molecule has 2 bridgehead atoms. The number of aryl methyl sites for hydroxylation is 1. The lowest BCUT2D eigenvalue weighted by atomic mass is 9.78. The Labute approximate surface area is 204 Å². The SMILES string of the molecule is CCOC(=O)c1c(NC(=O)[C@H]2[C@H]3CC[C@@H](C3)[C@@H]2C(=O)O)sc(C)c1-c1ccc(C(C)(C)C)cc1. The van der Waals surface area contributed by atoms with Crippen LogP contribution in [0.2, 0.25) is 0 Å². The van der Waals surface area contributed by atoms with E-state index in [1.165, 1.54) is 16.9 Å². The van der Waals surface area contributed by atoms with Crippen molar-refractivity contribution in [3.05, 3.63) is 40.3 Å². The first-order valence-corrected chi connectivity index (χ1v) is 12.8. The zero-order valence-corrected chi connectivity index (χ0v) is 21.3. The molecule has 2 saturated carbocycles. The van der Waals surface area contributed by atoms with E-state index in [2.05, 4.69) is 38.2 Å². The van der Waals surface area contributed by atoms with E-state index in [1.54, 1.807) is 6.92 Å². The maximum Gasteiger partial charge on any atom is 0.341 e. The molecule has 0 spiro atoms. The van der Waals surface area contributed by atoms with Crippen LogP contribution in [0.25, 0.3) is 11.1 Å². The standard InChI is InChI=1S/C27H33NO5S/c1-6-33-26(32)22-19(15-9-11-18(12-10-15)27(3,4)5)14(2)34-24(22)28-23(29)20-16-7-8-17(13-16)21(20)25(30)31/h9-12,16-17,20-21H,6-8,13H2,1-5H3,(H,28,29)(H,30,31)/t16-,17-,20-,21-/m0/s1. The molecule has 0 unspecified atom stereocenters. The number of carbonyl (C=O) groups is 3. The van der Waals surface area contributed by atoms with Gasteiger partial charge in [0, 0.05) is 10.4 Å². The third-order valence-corrected chi connectivity index (χ3v) is 8.37. The van der Waals surface area contributed by atoms with E-state index in [9.17, 15) is 19.5 Å². The molecule has 1 aromatic carbocycles. The van der Waals surface area contributed by atoms with Gasteiger partial charge < -0.3 is 15.2 Å². The minimum absolute atomic E-state index is 0.00662. The van der Waals surface area contributed by atoms with Crippen LogP contribution < -0.4 is 5.32 Å². The van der Waals surface area contributed by atoms with Gasteiger partial charge in [0.1, 0.15) is 10.6 Å². The van der Waals surface area contributed by atoms with E-state index < -0.39 is 23.8 Å². The molecule has 1 amide bonds. The number of benzene rings is 1. The van der Waals surface area contributed by atoms with E-state index in [-0.39, 0.29) is 29.8 Å². The number of hydrogen-bond acceptors (Lipinski definition) is 5. The number of carboxylic acids is 1. The predicted octanol–water partition coefficient (Wildman–Crippen LogP) is 5.88. The normalized spacial score (nSPS) is 23.7. The molecule has 182 valence electrons. The molecular formula is C27H33NO5S. The highest BCUT2D eigenvalue weighted by Crippen LogP contribution is 2.53. The summed E-state index contributed by atoms with van der Waals surface area (Å²) in [5.74, 6) is -2.77. The van der Waals surface area contributed by atoms with Crippen molar-refractivity contribution in [1.82, 2.24) is 0 Å². The lowest BCUT2D eigenvalue weighted by Crippen LogP contribution is -2.37. The summed E-state index contributed by atoms with van der Waals surface area (Å²) in [6.07, 6.45) is 2.53. The first-order chi connectivity index (χ1) is 16.0. The fourth-order valence-corrected chi connectivity index (χ4v) is 6.80. The average Bonchev–Trinajstić information content (AvgIpc) is 3.46. The Bertz CT molecular complexity index is 1110. The molecule has 2 aliphatic carbocycles. The molecule has 4 rings (SSSR count). The molecule has 0 saturated heterocycles. The summed E-state index contributed by atoms with van der Waals surface area (Å²) >= 11 is 1.34. The fourth-order valence-electron chi connectivity index (χ4n) is 5.73. The molecule has 2 fully saturated rings. The van der Waals surface area contributed by atoms with Crippen LogP contribution in [0.15, 0.2) is 24.3 Å². The van der Waals surface area contributed by atoms with Gasteiger partial charge in [0.05, 0.1) is 18.4 Å². The number of aliphatic carboxylic acids is 1. The van der Waals surface area contributed by atoms with Crippen LogP contribution >= 0.6 is 11.3 Å². The maximum atomic E-state index is 13.3. The smallest absolute Gasteiger partial charge is 0.341 e. The highest BCUT2D eigenvalue weighted by molar-refractivity contribution is 7.17. The van der Waals surface area contributed by atoms with Crippen molar-refractivity contribution in [1.29, 1.82) is 0 Å². The van der Waals surface area contributed by atoms with E-state index >= 15 is 0 Å². The monoisotopic (exact) mass is 483 g/mol. The predicted molar refractivity (Wildman–Crippen MR) is 133 cm³/mol. The van der Waals surface area contributed by atoms with Crippen molar-refractivity contribution in [3.8, 4) is 11.1 Å². The van der Waals surface area contributed by atoms with E-state index in [0.29, 0.717) is 10.6 Å². The molecule has 2 N–H and O–H groups in total. The van der Waals surface area contributed by atoms with E-state index in [1.807, 2.05) is 19.1 Å². The number of carboxylic acid groups (broad SMARTS) is 1. The van der Waals surface area contributed by atoms with Crippen LogP contribution in [0.3, 0.4) is 0 Å². The number of hydrogen-bond donors (Lipinski definition) is 2. The maximum absolute atomic E-state index is 13.3. The fraction of sp³-hybridized carbons (Fsp3) is 0.519. The highest BCUT2D eigenvalue weighted by Gasteiger charge is 2.54. The second kappa shape index (κ2) is 9.17. The van der Waals surface area contributed by atoms with E-state index in [4.69, 9.17) is 4.74 Å². The summed E-state index contributed by atoms with van der Waals surface area (Å²) < 4.78 is 5.36. The molecule has 1 aromatic heterocycles. The van der Waals surface area contributed by atoms with Gasteiger partial charge in [-0.1, -0.05) is 45.0 Å². The summed E-state index contributed by atoms with van der Waals surface area (Å²) in [6.45, 7) is 10.3. The van der Waals surface area contributed by atoms with E-state index in [0.717, 1.165) is 35.3 Å². The quantitative estimate of drug-likeness (QED) is 0.500. The molecule has 6 nitrogen and oxygen atoms in total. The Balaban J connectivity index is 1.70.